The predicted molar refractivity (Wildman–Crippen MR) is 123 cm³/mol. The number of pyridine rings is 1. The maximum absolute atomic E-state index is 4.75. The third kappa shape index (κ3) is 2.64. The molecule has 0 aliphatic carbocycles. The summed E-state index contributed by atoms with van der Waals surface area (Å²) in [5.41, 5.74) is 5.46. The SMILES string of the molecule is c1cnc2c(-c3ccc(-c4cncnc4)cc3)c3ccc4ccccc4c3cc2c1. The lowest BCUT2D eigenvalue weighted by molar-refractivity contribution is 1.17. The van der Waals surface area contributed by atoms with E-state index in [9.17, 15) is 0 Å². The Morgan fingerprint density at radius 3 is 2.17 bits per heavy atom. The zero-order valence-corrected chi connectivity index (χ0v) is 16.2. The van der Waals surface area contributed by atoms with E-state index < -0.39 is 0 Å². The van der Waals surface area contributed by atoms with Crippen molar-refractivity contribution in [2.75, 3.05) is 0 Å². The molecular weight excluding hydrogens is 366 g/mol. The highest BCUT2D eigenvalue weighted by atomic mass is 14.8. The Morgan fingerprint density at radius 1 is 0.533 bits per heavy atom. The molecule has 0 aliphatic rings. The summed E-state index contributed by atoms with van der Waals surface area (Å²) < 4.78 is 0. The van der Waals surface area contributed by atoms with Crippen LogP contribution in [-0.4, -0.2) is 15.0 Å². The highest BCUT2D eigenvalue weighted by Crippen LogP contribution is 2.38. The molecule has 0 fully saturated rings. The van der Waals surface area contributed by atoms with Crippen LogP contribution in [0.3, 0.4) is 0 Å². The third-order valence-electron chi connectivity index (χ3n) is 5.68. The summed E-state index contributed by atoms with van der Waals surface area (Å²) in [5.74, 6) is 0. The van der Waals surface area contributed by atoms with E-state index in [-0.39, 0.29) is 0 Å². The number of aromatic nitrogens is 3. The van der Waals surface area contributed by atoms with Crippen molar-refractivity contribution >= 4 is 32.4 Å². The lowest BCUT2D eigenvalue weighted by Gasteiger charge is -2.13. The highest BCUT2D eigenvalue weighted by molar-refractivity contribution is 6.19. The molecule has 0 bridgehead atoms. The Morgan fingerprint density at radius 2 is 1.30 bits per heavy atom. The van der Waals surface area contributed by atoms with Crippen molar-refractivity contribution in [2.45, 2.75) is 0 Å². The molecule has 3 heteroatoms. The van der Waals surface area contributed by atoms with Gasteiger partial charge in [0.15, 0.2) is 0 Å². The summed E-state index contributed by atoms with van der Waals surface area (Å²) in [6.45, 7) is 0. The normalized spacial score (nSPS) is 11.3. The predicted octanol–water partition coefficient (Wildman–Crippen LogP) is 6.67. The molecule has 3 nitrogen and oxygen atoms in total. The first-order valence-electron chi connectivity index (χ1n) is 9.93. The fourth-order valence-corrected chi connectivity index (χ4v) is 4.26. The van der Waals surface area contributed by atoms with E-state index >= 15 is 0 Å². The van der Waals surface area contributed by atoms with Crippen LogP contribution in [-0.2, 0) is 0 Å². The van der Waals surface area contributed by atoms with E-state index in [4.69, 9.17) is 4.98 Å². The Balaban J connectivity index is 1.65. The Kier molecular flexibility index (Phi) is 3.78. The second-order valence-corrected chi connectivity index (χ2v) is 7.41. The fraction of sp³-hybridized carbons (Fsp3) is 0. The van der Waals surface area contributed by atoms with Crippen molar-refractivity contribution in [1.82, 2.24) is 15.0 Å². The fourth-order valence-electron chi connectivity index (χ4n) is 4.26. The molecule has 0 saturated heterocycles. The third-order valence-corrected chi connectivity index (χ3v) is 5.68. The minimum absolute atomic E-state index is 1.01. The first kappa shape index (κ1) is 16.8. The molecule has 4 aromatic carbocycles. The van der Waals surface area contributed by atoms with Crippen LogP contribution in [0.25, 0.3) is 54.7 Å². The van der Waals surface area contributed by atoms with Crippen molar-refractivity contribution in [1.29, 1.82) is 0 Å². The summed E-state index contributed by atoms with van der Waals surface area (Å²) in [6.07, 6.45) is 7.09. The van der Waals surface area contributed by atoms with Gasteiger partial charge in [0.1, 0.15) is 6.33 Å². The van der Waals surface area contributed by atoms with Crippen LogP contribution < -0.4 is 0 Å². The van der Waals surface area contributed by atoms with Gasteiger partial charge in [0.2, 0.25) is 0 Å². The molecule has 30 heavy (non-hydrogen) atoms. The average molecular weight is 383 g/mol. The van der Waals surface area contributed by atoms with Gasteiger partial charge < -0.3 is 0 Å². The number of hydrogen-bond acceptors (Lipinski definition) is 3. The van der Waals surface area contributed by atoms with E-state index in [2.05, 4.69) is 82.8 Å². The van der Waals surface area contributed by atoms with Gasteiger partial charge in [0.25, 0.3) is 0 Å². The minimum Gasteiger partial charge on any atom is -0.256 e. The summed E-state index contributed by atoms with van der Waals surface area (Å²) in [4.78, 5) is 13.0. The van der Waals surface area contributed by atoms with Gasteiger partial charge in [-0.3, -0.25) is 4.98 Å². The van der Waals surface area contributed by atoms with Crippen molar-refractivity contribution in [3.63, 3.8) is 0 Å². The molecule has 6 aromatic rings. The second-order valence-electron chi connectivity index (χ2n) is 7.41. The lowest BCUT2D eigenvalue weighted by atomic mass is 9.91. The smallest absolute Gasteiger partial charge is 0.115 e. The highest BCUT2D eigenvalue weighted by Gasteiger charge is 2.13. The molecule has 0 saturated carbocycles. The molecule has 6 rings (SSSR count). The van der Waals surface area contributed by atoms with Crippen molar-refractivity contribution in [3.05, 3.63) is 104 Å². The number of benzene rings is 4. The molecule has 0 unspecified atom stereocenters. The molecule has 0 aliphatic heterocycles. The van der Waals surface area contributed by atoms with E-state index in [1.807, 2.05) is 24.7 Å². The van der Waals surface area contributed by atoms with Gasteiger partial charge in [-0.15, -0.1) is 0 Å². The van der Waals surface area contributed by atoms with Crippen LogP contribution >= 0.6 is 0 Å². The van der Waals surface area contributed by atoms with Gasteiger partial charge in [0.05, 0.1) is 5.52 Å². The molecule has 0 radical (unpaired) electrons. The van der Waals surface area contributed by atoms with Gasteiger partial charge in [-0.1, -0.05) is 66.7 Å². The average Bonchev–Trinajstić information content (AvgIpc) is 2.83. The Bertz CT molecular complexity index is 1520. The molecular formula is C27H17N3. The van der Waals surface area contributed by atoms with Gasteiger partial charge in [-0.2, -0.15) is 0 Å². The maximum atomic E-state index is 4.75. The van der Waals surface area contributed by atoms with Crippen LogP contribution in [0.1, 0.15) is 0 Å². The minimum atomic E-state index is 1.01. The van der Waals surface area contributed by atoms with Gasteiger partial charge in [0, 0.05) is 35.1 Å². The van der Waals surface area contributed by atoms with Crippen molar-refractivity contribution in [3.8, 4) is 22.3 Å². The van der Waals surface area contributed by atoms with Gasteiger partial charge in [-0.05, 0) is 44.8 Å². The molecule has 0 spiro atoms. The van der Waals surface area contributed by atoms with E-state index in [0.29, 0.717) is 0 Å². The Hall–Kier alpha value is -4.11. The van der Waals surface area contributed by atoms with Crippen LogP contribution in [0.15, 0.2) is 104 Å². The van der Waals surface area contributed by atoms with Crippen LogP contribution in [0.2, 0.25) is 0 Å². The topological polar surface area (TPSA) is 38.7 Å². The van der Waals surface area contributed by atoms with E-state index in [1.165, 1.54) is 27.1 Å². The maximum Gasteiger partial charge on any atom is 0.115 e. The zero-order valence-electron chi connectivity index (χ0n) is 16.2. The largest absolute Gasteiger partial charge is 0.256 e. The zero-order chi connectivity index (χ0) is 19.9. The summed E-state index contributed by atoms with van der Waals surface area (Å²) in [7, 11) is 0. The molecule has 0 N–H and O–H groups in total. The molecule has 140 valence electrons. The summed E-state index contributed by atoms with van der Waals surface area (Å²) in [5, 5.41) is 6.13. The first-order chi connectivity index (χ1) is 14.9. The van der Waals surface area contributed by atoms with Crippen molar-refractivity contribution in [2.24, 2.45) is 0 Å². The summed E-state index contributed by atoms with van der Waals surface area (Å²) >= 11 is 0. The second kappa shape index (κ2) is 6.75. The van der Waals surface area contributed by atoms with Gasteiger partial charge >= 0.3 is 0 Å². The molecule has 2 heterocycles. The number of rotatable bonds is 2. The molecule has 0 amide bonds. The summed E-state index contributed by atoms with van der Waals surface area (Å²) in [6, 6.07) is 28.0. The number of fused-ring (bicyclic) bond motifs is 4. The molecule has 2 aromatic heterocycles. The monoisotopic (exact) mass is 383 g/mol. The first-order valence-corrected chi connectivity index (χ1v) is 9.93. The lowest BCUT2D eigenvalue weighted by Crippen LogP contribution is -1.89. The number of nitrogens with zero attached hydrogens (tertiary/aromatic N) is 3. The van der Waals surface area contributed by atoms with Crippen LogP contribution in [0, 0.1) is 0 Å². The van der Waals surface area contributed by atoms with E-state index in [0.717, 1.165) is 27.6 Å². The van der Waals surface area contributed by atoms with Crippen LogP contribution in [0.4, 0.5) is 0 Å². The standard InChI is InChI=1S/C27H17N3/c1-2-6-23-19(4-1)11-12-24-25(23)14-21-5-3-13-30-27(21)26(24)20-9-7-18(8-10-20)22-15-28-17-29-16-22/h1-17H. The Labute approximate surface area is 173 Å². The number of hydrogen-bond donors (Lipinski definition) is 0. The quantitative estimate of drug-likeness (QED) is 0.248. The van der Waals surface area contributed by atoms with Gasteiger partial charge in [-0.25, -0.2) is 9.97 Å². The van der Waals surface area contributed by atoms with Crippen molar-refractivity contribution < 1.29 is 0 Å². The molecule has 0 atom stereocenters. The van der Waals surface area contributed by atoms with Crippen LogP contribution in [0.5, 0.6) is 0 Å². The van der Waals surface area contributed by atoms with E-state index in [1.54, 1.807) is 6.33 Å².